The van der Waals surface area contributed by atoms with Gasteiger partial charge in [-0.05, 0) is 32.1 Å². The van der Waals surface area contributed by atoms with Gasteiger partial charge in [0.2, 0.25) is 0 Å². The van der Waals surface area contributed by atoms with Crippen LogP contribution in [0.2, 0.25) is 0 Å². The number of unbranched alkanes of at least 4 members (excludes halogenated alkanes) is 4. The first-order valence-electron chi connectivity index (χ1n) is 4.47. The first kappa shape index (κ1) is 10.5. The molecule has 0 unspecified atom stereocenters. The molecule has 0 aromatic carbocycles. The third kappa shape index (κ3) is 9.48. The molecule has 0 aliphatic rings. The number of rotatable bonds is 7. The highest BCUT2D eigenvalue weighted by Gasteiger charge is 1.80. The molecule has 0 saturated carbocycles. The second-order valence-corrected chi connectivity index (χ2v) is 2.69. The monoisotopic (exact) mass is 151 g/mol. The van der Waals surface area contributed by atoms with E-state index in [4.69, 9.17) is 0 Å². The zero-order chi connectivity index (χ0) is 8.36. The Morgan fingerprint density at radius 2 is 1.55 bits per heavy atom. The van der Waals surface area contributed by atoms with Gasteiger partial charge in [-0.25, -0.2) is 0 Å². The second kappa shape index (κ2) is 9.48. The summed E-state index contributed by atoms with van der Waals surface area (Å²) < 4.78 is 0. The van der Waals surface area contributed by atoms with Crippen LogP contribution in [0.5, 0.6) is 0 Å². The van der Waals surface area contributed by atoms with Crippen molar-refractivity contribution in [1.82, 2.24) is 0 Å². The summed E-state index contributed by atoms with van der Waals surface area (Å²) in [6.07, 6.45) is 13.5. The van der Waals surface area contributed by atoms with Gasteiger partial charge in [0.25, 0.3) is 0 Å². The predicted octanol–water partition coefficient (Wildman–Crippen LogP) is 3.90. The zero-order valence-corrected chi connectivity index (χ0v) is 7.39. The van der Waals surface area contributed by atoms with Crippen LogP contribution < -0.4 is 0 Å². The topological polar surface area (TPSA) is 0 Å². The van der Waals surface area contributed by atoms with Crippen molar-refractivity contribution >= 4 is 0 Å². The lowest BCUT2D eigenvalue weighted by atomic mass is 10.2. The van der Waals surface area contributed by atoms with Crippen LogP contribution in [0.1, 0.15) is 38.5 Å². The van der Waals surface area contributed by atoms with Crippen molar-refractivity contribution in [2.24, 2.45) is 0 Å². The smallest absolute Gasteiger partial charge is 0.0348 e. The third-order valence-electron chi connectivity index (χ3n) is 1.57. The van der Waals surface area contributed by atoms with Crippen LogP contribution >= 0.6 is 0 Å². The van der Waals surface area contributed by atoms with Crippen LogP contribution in [-0.4, -0.2) is 0 Å². The largest absolute Gasteiger partial charge is 0.103 e. The lowest BCUT2D eigenvalue weighted by molar-refractivity contribution is 0.840. The molecule has 0 aromatic heterocycles. The summed E-state index contributed by atoms with van der Waals surface area (Å²) >= 11 is 0. The summed E-state index contributed by atoms with van der Waals surface area (Å²) in [6, 6.07) is 0. The maximum atomic E-state index is 3.79. The van der Waals surface area contributed by atoms with Crippen molar-refractivity contribution in [3.63, 3.8) is 0 Å². The predicted molar refractivity (Wildman–Crippen MR) is 52.4 cm³/mol. The van der Waals surface area contributed by atoms with E-state index in [0.29, 0.717) is 0 Å². The van der Waals surface area contributed by atoms with E-state index < -0.39 is 0 Å². The fraction of sp³-hybridized carbons (Fsp3) is 0.545. The SMILES string of the molecule is [CH2]CCCC=CCCCC=C. The molecule has 63 valence electrons. The van der Waals surface area contributed by atoms with Crippen LogP contribution in [0.4, 0.5) is 0 Å². The average molecular weight is 151 g/mol. The first-order chi connectivity index (χ1) is 5.41. The van der Waals surface area contributed by atoms with Gasteiger partial charge in [-0.15, -0.1) is 6.58 Å². The van der Waals surface area contributed by atoms with E-state index in [2.05, 4.69) is 25.7 Å². The van der Waals surface area contributed by atoms with Crippen LogP contribution in [-0.2, 0) is 0 Å². The Hall–Kier alpha value is -0.520. The van der Waals surface area contributed by atoms with E-state index in [1.54, 1.807) is 0 Å². The van der Waals surface area contributed by atoms with Gasteiger partial charge in [-0.1, -0.05) is 31.6 Å². The quantitative estimate of drug-likeness (QED) is 0.382. The van der Waals surface area contributed by atoms with Crippen molar-refractivity contribution in [2.45, 2.75) is 38.5 Å². The van der Waals surface area contributed by atoms with Crippen molar-refractivity contribution < 1.29 is 0 Å². The average Bonchev–Trinajstić information content (AvgIpc) is 2.03. The highest BCUT2D eigenvalue weighted by atomic mass is 13.9. The maximum Gasteiger partial charge on any atom is -0.0348 e. The molecule has 0 heteroatoms. The fourth-order valence-corrected chi connectivity index (χ4v) is 0.878. The molecule has 0 rings (SSSR count). The molecule has 0 fully saturated rings. The summed E-state index contributed by atoms with van der Waals surface area (Å²) in [4.78, 5) is 0. The molecule has 0 spiro atoms. The van der Waals surface area contributed by atoms with E-state index in [1.807, 2.05) is 6.08 Å². The number of hydrogen-bond donors (Lipinski definition) is 0. The van der Waals surface area contributed by atoms with E-state index in [9.17, 15) is 0 Å². The van der Waals surface area contributed by atoms with Crippen molar-refractivity contribution in [3.05, 3.63) is 31.7 Å². The molecule has 11 heavy (non-hydrogen) atoms. The number of hydrogen-bond acceptors (Lipinski definition) is 0. The summed E-state index contributed by atoms with van der Waals surface area (Å²) in [5, 5.41) is 0. The molecule has 0 aliphatic carbocycles. The van der Waals surface area contributed by atoms with Crippen molar-refractivity contribution in [1.29, 1.82) is 0 Å². The van der Waals surface area contributed by atoms with Crippen molar-refractivity contribution in [2.75, 3.05) is 0 Å². The van der Waals surface area contributed by atoms with Gasteiger partial charge in [0, 0.05) is 0 Å². The fourth-order valence-electron chi connectivity index (χ4n) is 0.878. The minimum atomic E-state index is 1.05. The molecule has 0 saturated heterocycles. The summed E-state index contributed by atoms with van der Waals surface area (Å²) in [7, 11) is 0. The molecular formula is C11H19. The Balaban J connectivity index is 2.97. The van der Waals surface area contributed by atoms with Gasteiger partial charge < -0.3 is 0 Å². The lowest BCUT2D eigenvalue weighted by Gasteiger charge is -1.90. The molecule has 0 amide bonds. The maximum absolute atomic E-state index is 3.79. The van der Waals surface area contributed by atoms with Gasteiger partial charge in [0.1, 0.15) is 0 Å². The van der Waals surface area contributed by atoms with Crippen LogP contribution in [0, 0.1) is 6.92 Å². The lowest BCUT2D eigenvalue weighted by Crippen LogP contribution is -1.70. The van der Waals surface area contributed by atoms with Crippen LogP contribution in [0.25, 0.3) is 0 Å². The normalized spacial score (nSPS) is 10.6. The van der Waals surface area contributed by atoms with Gasteiger partial charge in [-0.2, -0.15) is 0 Å². The zero-order valence-electron chi connectivity index (χ0n) is 7.39. The molecule has 0 heterocycles. The van der Waals surface area contributed by atoms with Crippen molar-refractivity contribution in [3.8, 4) is 0 Å². The van der Waals surface area contributed by atoms with Gasteiger partial charge >= 0.3 is 0 Å². The van der Waals surface area contributed by atoms with Gasteiger partial charge in [0.15, 0.2) is 0 Å². The Bertz CT molecular complexity index is 101. The molecule has 0 atom stereocenters. The van der Waals surface area contributed by atoms with Gasteiger partial charge in [-0.3, -0.25) is 0 Å². The molecule has 0 N–H and O–H groups in total. The first-order valence-corrected chi connectivity index (χ1v) is 4.47. The molecule has 0 aliphatic heterocycles. The second-order valence-electron chi connectivity index (χ2n) is 2.69. The molecular weight excluding hydrogens is 132 g/mol. The van der Waals surface area contributed by atoms with E-state index >= 15 is 0 Å². The summed E-state index contributed by atoms with van der Waals surface area (Å²) in [5.41, 5.74) is 0. The summed E-state index contributed by atoms with van der Waals surface area (Å²) in [6.45, 7) is 7.46. The molecule has 1 radical (unpaired) electrons. The highest BCUT2D eigenvalue weighted by Crippen LogP contribution is 2.00. The van der Waals surface area contributed by atoms with Crippen LogP contribution in [0.3, 0.4) is 0 Å². The van der Waals surface area contributed by atoms with Crippen LogP contribution in [0.15, 0.2) is 24.8 Å². The minimum absolute atomic E-state index is 1.05. The molecule has 0 nitrogen and oxygen atoms in total. The Morgan fingerprint density at radius 3 is 2.09 bits per heavy atom. The number of allylic oxidation sites excluding steroid dienone is 3. The third-order valence-corrected chi connectivity index (χ3v) is 1.57. The minimum Gasteiger partial charge on any atom is -0.103 e. The van der Waals surface area contributed by atoms with Gasteiger partial charge in [0.05, 0.1) is 0 Å². The van der Waals surface area contributed by atoms with E-state index in [0.717, 1.165) is 12.8 Å². The highest BCUT2D eigenvalue weighted by molar-refractivity contribution is 4.82. The van der Waals surface area contributed by atoms with E-state index in [-0.39, 0.29) is 0 Å². The Labute approximate surface area is 71.0 Å². The standard InChI is InChI=1S/C11H19/c1-3-5-7-9-11-10-8-6-4-2/h3,10-11H,1-2,4-9H2. The van der Waals surface area contributed by atoms with E-state index in [1.165, 1.54) is 25.7 Å². The molecule has 0 aromatic rings. The Kier molecular flexibility index (Phi) is 9.03. The Morgan fingerprint density at radius 1 is 0.909 bits per heavy atom. The molecule has 0 bridgehead atoms. The summed E-state index contributed by atoms with van der Waals surface area (Å²) in [5.74, 6) is 0.